The van der Waals surface area contributed by atoms with E-state index < -0.39 is 29.5 Å². The molecule has 10 heteroatoms. The van der Waals surface area contributed by atoms with Crippen molar-refractivity contribution in [1.82, 2.24) is 20.7 Å². The van der Waals surface area contributed by atoms with E-state index in [-0.39, 0.29) is 24.3 Å². The first-order valence-corrected chi connectivity index (χ1v) is 9.50. The number of hydrogen-bond acceptors (Lipinski definition) is 6. The van der Waals surface area contributed by atoms with Crippen molar-refractivity contribution in [2.75, 3.05) is 0 Å². The Balaban J connectivity index is 2.21. The Kier molecular flexibility index (Phi) is 7.54. The third-order valence-corrected chi connectivity index (χ3v) is 4.54. The van der Waals surface area contributed by atoms with Gasteiger partial charge in [0.2, 0.25) is 5.91 Å². The standard InChI is InChI=1S/C21H26N4O6/c1-21(2,3)25(20(29)30)17(10-15-8-9-16(26)12-22-15)19(28)23-11-13-4-6-14(7-5-13)18(27)24-31/h4-9,12,17,26,31H,10-11H2,1-3H3,(H,23,28)(H,24,27)(H,29,30). The monoisotopic (exact) mass is 430 g/mol. The molecule has 0 spiro atoms. The quantitative estimate of drug-likeness (QED) is 0.332. The van der Waals surface area contributed by atoms with E-state index in [1.807, 2.05) is 0 Å². The lowest BCUT2D eigenvalue weighted by Crippen LogP contribution is -2.57. The van der Waals surface area contributed by atoms with Gasteiger partial charge in [-0.1, -0.05) is 12.1 Å². The molecule has 2 aromatic rings. The second-order valence-electron chi connectivity index (χ2n) is 7.91. The van der Waals surface area contributed by atoms with Crippen LogP contribution in [0.2, 0.25) is 0 Å². The van der Waals surface area contributed by atoms with E-state index in [9.17, 15) is 24.6 Å². The van der Waals surface area contributed by atoms with Crippen LogP contribution in [0.25, 0.3) is 0 Å². The Morgan fingerprint density at radius 1 is 1.10 bits per heavy atom. The molecule has 166 valence electrons. The Labute approximate surface area is 179 Å². The number of carboxylic acid groups (broad SMARTS) is 1. The van der Waals surface area contributed by atoms with Gasteiger partial charge >= 0.3 is 6.09 Å². The maximum Gasteiger partial charge on any atom is 0.408 e. The molecule has 10 nitrogen and oxygen atoms in total. The Bertz CT molecular complexity index is 922. The number of benzene rings is 1. The van der Waals surface area contributed by atoms with Gasteiger partial charge in [0, 0.05) is 29.8 Å². The van der Waals surface area contributed by atoms with E-state index in [1.165, 1.54) is 35.9 Å². The maximum atomic E-state index is 13.0. The average Bonchev–Trinajstić information content (AvgIpc) is 2.71. The number of nitrogens with one attached hydrogen (secondary N) is 2. The van der Waals surface area contributed by atoms with E-state index in [4.69, 9.17) is 5.21 Å². The first kappa shape index (κ1) is 23.6. The minimum absolute atomic E-state index is 0.0191. The van der Waals surface area contributed by atoms with Crippen LogP contribution in [0.15, 0.2) is 42.6 Å². The van der Waals surface area contributed by atoms with Gasteiger partial charge in [0.05, 0.1) is 6.20 Å². The summed E-state index contributed by atoms with van der Waals surface area (Å²) >= 11 is 0. The van der Waals surface area contributed by atoms with Gasteiger partial charge in [-0.05, 0) is 50.6 Å². The molecule has 1 aromatic heterocycles. The fourth-order valence-corrected chi connectivity index (χ4v) is 3.07. The molecule has 0 saturated carbocycles. The molecule has 0 radical (unpaired) electrons. The first-order valence-electron chi connectivity index (χ1n) is 9.50. The number of aromatic hydroxyl groups is 1. The maximum absolute atomic E-state index is 13.0. The van der Waals surface area contributed by atoms with E-state index >= 15 is 0 Å². The largest absolute Gasteiger partial charge is 0.506 e. The second-order valence-corrected chi connectivity index (χ2v) is 7.91. The highest BCUT2D eigenvalue weighted by molar-refractivity contribution is 5.93. The molecule has 2 rings (SSSR count). The highest BCUT2D eigenvalue weighted by Gasteiger charge is 2.37. The summed E-state index contributed by atoms with van der Waals surface area (Å²) in [6.45, 7) is 5.18. The fraction of sp³-hybridized carbons (Fsp3) is 0.333. The average molecular weight is 430 g/mol. The summed E-state index contributed by atoms with van der Waals surface area (Å²) in [5.41, 5.74) is 2.06. The third kappa shape index (κ3) is 6.41. The molecule has 3 amide bonds. The van der Waals surface area contributed by atoms with Crippen LogP contribution in [0.4, 0.5) is 4.79 Å². The summed E-state index contributed by atoms with van der Waals surface area (Å²) in [7, 11) is 0. The number of aromatic nitrogens is 1. The second kappa shape index (κ2) is 9.90. The first-order chi connectivity index (χ1) is 14.5. The van der Waals surface area contributed by atoms with Crippen molar-refractivity contribution in [3.05, 3.63) is 59.4 Å². The van der Waals surface area contributed by atoms with Gasteiger partial charge in [0.25, 0.3) is 5.91 Å². The number of nitrogens with zero attached hydrogens (tertiary/aromatic N) is 2. The molecule has 0 aliphatic heterocycles. The van der Waals surface area contributed by atoms with Crippen molar-refractivity contribution in [3.8, 4) is 5.75 Å². The smallest absolute Gasteiger partial charge is 0.408 e. The van der Waals surface area contributed by atoms with Gasteiger partial charge in [-0.25, -0.2) is 10.3 Å². The van der Waals surface area contributed by atoms with Gasteiger partial charge in [-0.15, -0.1) is 0 Å². The molecule has 0 aliphatic rings. The fourth-order valence-electron chi connectivity index (χ4n) is 3.07. The number of carbonyl (C=O) groups excluding carboxylic acids is 2. The van der Waals surface area contributed by atoms with Crippen molar-refractivity contribution < 1.29 is 29.8 Å². The van der Waals surface area contributed by atoms with Crippen LogP contribution in [-0.4, -0.2) is 54.8 Å². The molecule has 1 atom stereocenters. The lowest BCUT2D eigenvalue weighted by Gasteiger charge is -2.38. The van der Waals surface area contributed by atoms with Crippen LogP contribution in [0.1, 0.15) is 42.4 Å². The molecule has 0 bridgehead atoms. The number of amides is 3. The Morgan fingerprint density at radius 2 is 1.74 bits per heavy atom. The summed E-state index contributed by atoms with van der Waals surface area (Å²) in [6.07, 6.45) is 0.00722. The number of hydroxylamine groups is 1. The molecule has 0 aliphatic carbocycles. The zero-order chi connectivity index (χ0) is 23.2. The Hall–Kier alpha value is -3.66. The lowest BCUT2D eigenvalue weighted by molar-refractivity contribution is -0.127. The lowest BCUT2D eigenvalue weighted by atomic mass is 9.99. The Morgan fingerprint density at radius 3 is 2.23 bits per heavy atom. The molecule has 0 fully saturated rings. The van der Waals surface area contributed by atoms with Crippen molar-refractivity contribution in [1.29, 1.82) is 0 Å². The van der Waals surface area contributed by atoms with Crippen LogP contribution in [0.5, 0.6) is 5.75 Å². The minimum Gasteiger partial charge on any atom is -0.506 e. The predicted octanol–water partition coefficient (Wildman–Crippen LogP) is 1.91. The van der Waals surface area contributed by atoms with Crippen molar-refractivity contribution in [2.24, 2.45) is 0 Å². The number of hydrogen-bond donors (Lipinski definition) is 5. The summed E-state index contributed by atoms with van der Waals surface area (Å²) in [4.78, 5) is 41.5. The zero-order valence-corrected chi connectivity index (χ0v) is 17.5. The highest BCUT2D eigenvalue weighted by atomic mass is 16.5. The molecule has 5 N–H and O–H groups in total. The topological polar surface area (TPSA) is 152 Å². The highest BCUT2D eigenvalue weighted by Crippen LogP contribution is 2.21. The molecular weight excluding hydrogens is 404 g/mol. The van der Waals surface area contributed by atoms with Crippen molar-refractivity contribution in [2.45, 2.75) is 45.3 Å². The number of carbonyl (C=O) groups is 3. The zero-order valence-electron chi connectivity index (χ0n) is 17.5. The minimum atomic E-state index is -1.24. The van der Waals surface area contributed by atoms with Gasteiger partial charge in [-0.3, -0.25) is 24.7 Å². The van der Waals surface area contributed by atoms with Crippen LogP contribution in [0.3, 0.4) is 0 Å². The van der Waals surface area contributed by atoms with Crippen LogP contribution < -0.4 is 10.8 Å². The van der Waals surface area contributed by atoms with Gasteiger partial charge in [0.15, 0.2) is 0 Å². The van der Waals surface area contributed by atoms with Crippen LogP contribution in [0, 0.1) is 0 Å². The molecule has 31 heavy (non-hydrogen) atoms. The van der Waals surface area contributed by atoms with E-state index in [1.54, 1.807) is 32.9 Å². The summed E-state index contributed by atoms with van der Waals surface area (Å²) in [5, 5.41) is 30.6. The van der Waals surface area contributed by atoms with Crippen molar-refractivity contribution in [3.63, 3.8) is 0 Å². The van der Waals surface area contributed by atoms with Gasteiger partial charge in [0.1, 0.15) is 11.8 Å². The van der Waals surface area contributed by atoms with Crippen LogP contribution in [-0.2, 0) is 17.8 Å². The molecule has 0 saturated heterocycles. The normalized spacial score (nSPS) is 12.0. The summed E-state index contributed by atoms with van der Waals surface area (Å²) in [5.74, 6) is -1.20. The van der Waals surface area contributed by atoms with Crippen LogP contribution >= 0.6 is 0 Å². The molecule has 1 unspecified atom stereocenters. The SMILES string of the molecule is CC(C)(C)N(C(=O)O)C(Cc1ccc(O)cn1)C(=O)NCc1ccc(C(=O)NO)cc1. The van der Waals surface area contributed by atoms with E-state index in [0.29, 0.717) is 11.3 Å². The molecule has 1 heterocycles. The van der Waals surface area contributed by atoms with E-state index in [2.05, 4.69) is 10.3 Å². The van der Waals surface area contributed by atoms with E-state index in [0.717, 1.165) is 4.90 Å². The van der Waals surface area contributed by atoms with Gasteiger partial charge in [-0.2, -0.15) is 0 Å². The number of rotatable bonds is 7. The molecular formula is C21H26N4O6. The van der Waals surface area contributed by atoms with Gasteiger partial charge < -0.3 is 15.5 Å². The summed E-state index contributed by atoms with van der Waals surface area (Å²) < 4.78 is 0. The third-order valence-electron chi connectivity index (χ3n) is 4.54. The number of pyridine rings is 1. The summed E-state index contributed by atoms with van der Waals surface area (Å²) in [6, 6.07) is 8.09. The molecule has 1 aromatic carbocycles. The van der Waals surface area contributed by atoms with Crippen molar-refractivity contribution >= 4 is 17.9 Å². The predicted molar refractivity (Wildman–Crippen MR) is 111 cm³/mol.